The molecule has 2 heterocycles. The lowest BCUT2D eigenvalue weighted by Crippen LogP contribution is -2.36. The van der Waals surface area contributed by atoms with Crippen molar-refractivity contribution >= 4 is 11.6 Å². The minimum absolute atomic E-state index is 0.159. The summed E-state index contributed by atoms with van der Waals surface area (Å²) in [5.74, 6) is 0.362. The van der Waals surface area contributed by atoms with Gasteiger partial charge in [-0.1, -0.05) is 18.2 Å². The maximum Gasteiger partial charge on any atom is 0.226 e. The van der Waals surface area contributed by atoms with Crippen LogP contribution in [0.5, 0.6) is 5.75 Å². The lowest BCUT2D eigenvalue weighted by atomic mass is 10.1. The van der Waals surface area contributed by atoms with Gasteiger partial charge in [0.1, 0.15) is 11.6 Å². The van der Waals surface area contributed by atoms with Crippen LogP contribution in [0.3, 0.4) is 0 Å². The van der Waals surface area contributed by atoms with Crippen molar-refractivity contribution in [1.29, 1.82) is 0 Å². The summed E-state index contributed by atoms with van der Waals surface area (Å²) >= 11 is 0. The van der Waals surface area contributed by atoms with Crippen LogP contribution in [0.4, 0.5) is 10.1 Å². The highest BCUT2D eigenvalue weighted by Gasteiger charge is 2.13. The number of nitrogens with one attached hydrogen (secondary N) is 1. The molecule has 6 nitrogen and oxygen atoms in total. The number of rotatable bonds is 8. The Hall–Kier alpha value is -3.45. The van der Waals surface area contributed by atoms with Crippen LogP contribution in [0.2, 0.25) is 0 Å². The third kappa shape index (κ3) is 6.29. The van der Waals surface area contributed by atoms with E-state index in [-0.39, 0.29) is 24.7 Å². The number of benzene rings is 2. The topological polar surface area (TPSA) is 63.7 Å². The average molecular weight is 450 g/mol. The van der Waals surface area contributed by atoms with Gasteiger partial charge in [0.25, 0.3) is 0 Å². The van der Waals surface area contributed by atoms with Crippen molar-refractivity contribution in [2.24, 2.45) is 0 Å². The standard InChI is InChI=1S/C26H28FN3O3/c1-2-33-25-7-4-20(5-8-25)21-3-6-23(28-18-21)16-26(31)29-17-19-13-22(27)15-24(14-19)30-9-11-32-12-10-30/h3-8,13-15,18H,2,9-12,16-17H2,1H3,(H,29,31). The first-order valence-electron chi connectivity index (χ1n) is 11.2. The Bertz CT molecular complexity index is 1070. The molecule has 7 heteroatoms. The van der Waals surface area contributed by atoms with Gasteiger partial charge in [-0.15, -0.1) is 0 Å². The first-order valence-corrected chi connectivity index (χ1v) is 11.2. The molecule has 0 bridgehead atoms. The Kier molecular flexibility index (Phi) is 7.52. The summed E-state index contributed by atoms with van der Waals surface area (Å²) in [6, 6.07) is 16.5. The van der Waals surface area contributed by atoms with Crippen molar-refractivity contribution in [1.82, 2.24) is 10.3 Å². The normalized spacial score (nSPS) is 13.6. The van der Waals surface area contributed by atoms with Gasteiger partial charge in [-0.3, -0.25) is 9.78 Å². The number of hydrogen-bond donors (Lipinski definition) is 1. The molecule has 1 amide bonds. The Balaban J connectivity index is 1.32. The summed E-state index contributed by atoms with van der Waals surface area (Å²) in [4.78, 5) is 18.9. The molecule has 1 aliphatic rings. The highest BCUT2D eigenvalue weighted by molar-refractivity contribution is 5.78. The number of morpholine rings is 1. The zero-order valence-electron chi connectivity index (χ0n) is 18.7. The van der Waals surface area contributed by atoms with Gasteiger partial charge in [0.2, 0.25) is 5.91 Å². The van der Waals surface area contributed by atoms with E-state index in [2.05, 4.69) is 15.2 Å². The predicted molar refractivity (Wildman–Crippen MR) is 126 cm³/mol. The highest BCUT2D eigenvalue weighted by Crippen LogP contribution is 2.22. The van der Waals surface area contributed by atoms with E-state index in [1.165, 1.54) is 12.1 Å². The van der Waals surface area contributed by atoms with Gasteiger partial charge in [0.15, 0.2) is 0 Å². The van der Waals surface area contributed by atoms with E-state index in [4.69, 9.17) is 9.47 Å². The van der Waals surface area contributed by atoms with Crippen molar-refractivity contribution in [3.63, 3.8) is 0 Å². The quantitative estimate of drug-likeness (QED) is 0.564. The van der Waals surface area contributed by atoms with Crippen LogP contribution >= 0.6 is 0 Å². The van der Waals surface area contributed by atoms with Crippen LogP contribution in [0.1, 0.15) is 18.2 Å². The second-order valence-electron chi connectivity index (χ2n) is 7.87. The van der Waals surface area contributed by atoms with Crippen molar-refractivity contribution in [2.45, 2.75) is 19.9 Å². The smallest absolute Gasteiger partial charge is 0.226 e. The molecule has 0 aliphatic carbocycles. The lowest BCUT2D eigenvalue weighted by molar-refractivity contribution is -0.120. The highest BCUT2D eigenvalue weighted by atomic mass is 19.1. The van der Waals surface area contributed by atoms with E-state index >= 15 is 0 Å². The van der Waals surface area contributed by atoms with Crippen molar-refractivity contribution in [3.8, 4) is 16.9 Å². The molecule has 1 aromatic heterocycles. The maximum absolute atomic E-state index is 14.1. The van der Waals surface area contributed by atoms with E-state index in [0.717, 1.165) is 41.2 Å². The molecule has 0 radical (unpaired) electrons. The van der Waals surface area contributed by atoms with Gasteiger partial charge in [-0.05, 0) is 54.4 Å². The van der Waals surface area contributed by atoms with Crippen molar-refractivity contribution in [2.75, 3.05) is 37.8 Å². The molecule has 0 unspecified atom stereocenters. The number of carbonyl (C=O) groups excluding carboxylic acids is 1. The number of pyridine rings is 1. The SMILES string of the molecule is CCOc1ccc(-c2ccc(CC(=O)NCc3cc(F)cc(N4CCOCC4)c3)nc2)cc1. The van der Waals surface area contributed by atoms with E-state index in [0.29, 0.717) is 25.5 Å². The fraction of sp³-hybridized carbons (Fsp3) is 0.308. The monoisotopic (exact) mass is 449 g/mol. The summed E-state index contributed by atoms with van der Waals surface area (Å²) in [5.41, 5.74) is 4.22. The lowest BCUT2D eigenvalue weighted by Gasteiger charge is -2.29. The third-order valence-electron chi connectivity index (χ3n) is 5.47. The van der Waals surface area contributed by atoms with Crippen LogP contribution in [0.25, 0.3) is 11.1 Å². The van der Waals surface area contributed by atoms with Gasteiger partial charge >= 0.3 is 0 Å². The van der Waals surface area contributed by atoms with Crippen LogP contribution in [0, 0.1) is 5.82 Å². The largest absolute Gasteiger partial charge is 0.494 e. The van der Waals surface area contributed by atoms with Gasteiger partial charge in [0, 0.05) is 42.8 Å². The Morgan fingerprint density at radius 3 is 2.55 bits per heavy atom. The number of aromatic nitrogens is 1. The molecular formula is C26H28FN3O3. The zero-order chi connectivity index (χ0) is 23.0. The van der Waals surface area contributed by atoms with Crippen LogP contribution in [-0.4, -0.2) is 43.8 Å². The van der Waals surface area contributed by atoms with Gasteiger partial charge < -0.3 is 19.7 Å². The summed E-state index contributed by atoms with van der Waals surface area (Å²) < 4.78 is 24.9. The zero-order valence-corrected chi connectivity index (χ0v) is 18.7. The first-order chi connectivity index (χ1) is 16.1. The Morgan fingerprint density at radius 2 is 1.85 bits per heavy atom. The van der Waals surface area contributed by atoms with E-state index in [9.17, 15) is 9.18 Å². The third-order valence-corrected chi connectivity index (χ3v) is 5.47. The molecule has 0 spiro atoms. The van der Waals surface area contributed by atoms with E-state index in [1.807, 2.05) is 49.4 Å². The minimum Gasteiger partial charge on any atom is -0.494 e. The summed E-state index contributed by atoms with van der Waals surface area (Å²) in [6.45, 7) is 5.57. The molecule has 1 aliphatic heterocycles. The van der Waals surface area contributed by atoms with Gasteiger partial charge in [0.05, 0.1) is 26.2 Å². The number of halogens is 1. The van der Waals surface area contributed by atoms with E-state index in [1.54, 1.807) is 6.20 Å². The molecule has 0 atom stereocenters. The molecule has 3 aromatic rings. The number of hydrogen-bond acceptors (Lipinski definition) is 5. The van der Waals surface area contributed by atoms with Crippen molar-refractivity contribution in [3.05, 3.63) is 77.9 Å². The molecule has 2 aromatic carbocycles. The molecule has 1 fully saturated rings. The minimum atomic E-state index is -0.310. The fourth-order valence-corrected chi connectivity index (χ4v) is 3.78. The number of anilines is 1. The second kappa shape index (κ2) is 10.9. The molecule has 1 saturated heterocycles. The molecule has 33 heavy (non-hydrogen) atoms. The number of ether oxygens (including phenoxy) is 2. The fourth-order valence-electron chi connectivity index (χ4n) is 3.78. The number of nitrogens with zero attached hydrogens (tertiary/aromatic N) is 2. The maximum atomic E-state index is 14.1. The average Bonchev–Trinajstić information content (AvgIpc) is 2.84. The predicted octanol–water partition coefficient (Wildman–Crippen LogP) is 3.98. The van der Waals surface area contributed by atoms with Crippen LogP contribution < -0.4 is 15.0 Å². The molecule has 1 N–H and O–H groups in total. The molecular weight excluding hydrogens is 421 g/mol. The Labute approximate surface area is 193 Å². The van der Waals surface area contributed by atoms with Crippen LogP contribution in [0.15, 0.2) is 60.8 Å². The van der Waals surface area contributed by atoms with Gasteiger partial charge in [-0.2, -0.15) is 0 Å². The van der Waals surface area contributed by atoms with Crippen LogP contribution in [-0.2, 0) is 22.5 Å². The Morgan fingerprint density at radius 1 is 1.09 bits per heavy atom. The first kappa shape index (κ1) is 22.7. The molecule has 172 valence electrons. The summed E-state index contributed by atoms with van der Waals surface area (Å²) in [7, 11) is 0. The number of carbonyl (C=O) groups is 1. The second-order valence-corrected chi connectivity index (χ2v) is 7.87. The molecule has 0 saturated carbocycles. The van der Waals surface area contributed by atoms with E-state index < -0.39 is 0 Å². The molecule has 4 rings (SSSR count). The summed E-state index contributed by atoms with van der Waals surface area (Å²) in [6.07, 6.45) is 1.93. The number of amides is 1. The summed E-state index contributed by atoms with van der Waals surface area (Å²) in [5, 5.41) is 2.87. The van der Waals surface area contributed by atoms with Crippen molar-refractivity contribution < 1.29 is 18.7 Å². The van der Waals surface area contributed by atoms with Gasteiger partial charge in [-0.25, -0.2) is 4.39 Å².